The normalized spacial score (nSPS) is 10.5. The molecular formula is C23H30N4O4. The topological polar surface area (TPSA) is 116 Å². The molecule has 2 aromatic rings. The number of carbonyl (C=O) groups excluding carboxylic acids is 1. The lowest BCUT2D eigenvalue weighted by Gasteiger charge is -2.20. The lowest BCUT2D eigenvalue weighted by Crippen LogP contribution is -2.35. The van der Waals surface area contributed by atoms with E-state index in [0.717, 1.165) is 11.3 Å². The van der Waals surface area contributed by atoms with Crippen molar-refractivity contribution in [3.05, 3.63) is 41.9 Å². The van der Waals surface area contributed by atoms with Gasteiger partial charge in [0, 0.05) is 36.2 Å². The summed E-state index contributed by atoms with van der Waals surface area (Å²) < 4.78 is 5.54. The lowest BCUT2D eigenvalue weighted by atomic mass is 10.0. The number of benzene rings is 1. The molecule has 1 aromatic carbocycles. The third-order valence-electron chi connectivity index (χ3n) is 4.81. The van der Waals surface area contributed by atoms with Crippen LogP contribution in [0.3, 0.4) is 0 Å². The Bertz CT molecular complexity index is 930. The molecule has 2 N–H and O–H groups in total. The first kappa shape index (κ1) is 24.0. The molecule has 0 bridgehead atoms. The van der Waals surface area contributed by atoms with Gasteiger partial charge in [-0.05, 0) is 51.0 Å². The van der Waals surface area contributed by atoms with E-state index in [-0.39, 0.29) is 12.3 Å². The number of hydrogen-bond acceptors (Lipinski definition) is 6. The highest BCUT2D eigenvalue weighted by molar-refractivity contribution is 5.96. The van der Waals surface area contributed by atoms with Crippen LogP contribution in [-0.2, 0) is 22.4 Å². The van der Waals surface area contributed by atoms with Crippen molar-refractivity contribution in [2.45, 2.75) is 52.9 Å². The van der Waals surface area contributed by atoms with Gasteiger partial charge in [-0.2, -0.15) is 0 Å². The molecule has 0 aliphatic heterocycles. The van der Waals surface area contributed by atoms with Crippen LogP contribution in [0.15, 0.2) is 30.6 Å². The van der Waals surface area contributed by atoms with Gasteiger partial charge in [0.2, 0.25) is 5.91 Å². The number of amidine groups is 1. The van der Waals surface area contributed by atoms with Crippen molar-refractivity contribution in [2.75, 3.05) is 13.2 Å². The molecule has 0 saturated heterocycles. The summed E-state index contributed by atoms with van der Waals surface area (Å²) in [4.78, 5) is 33.3. The van der Waals surface area contributed by atoms with E-state index in [2.05, 4.69) is 9.97 Å². The van der Waals surface area contributed by atoms with E-state index in [1.54, 1.807) is 19.1 Å². The number of carboxylic acid groups (broad SMARTS) is 1. The summed E-state index contributed by atoms with van der Waals surface area (Å²) in [7, 11) is 0. The molecule has 8 heteroatoms. The van der Waals surface area contributed by atoms with Crippen LogP contribution in [0.4, 0.5) is 0 Å². The first-order chi connectivity index (χ1) is 14.9. The minimum atomic E-state index is -0.924. The number of hydrogen-bond donors (Lipinski definition) is 2. The zero-order chi connectivity index (χ0) is 22.8. The van der Waals surface area contributed by atoms with Gasteiger partial charge < -0.3 is 14.7 Å². The highest BCUT2D eigenvalue weighted by Gasteiger charge is 2.15. The second-order valence-corrected chi connectivity index (χ2v) is 7.01. The van der Waals surface area contributed by atoms with Crippen LogP contribution < -0.4 is 4.74 Å². The zero-order valence-corrected chi connectivity index (χ0v) is 18.4. The predicted molar refractivity (Wildman–Crippen MR) is 118 cm³/mol. The van der Waals surface area contributed by atoms with Crippen molar-refractivity contribution in [1.29, 1.82) is 5.41 Å². The van der Waals surface area contributed by atoms with Gasteiger partial charge in [-0.1, -0.05) is 6.92 Å². The molecule has 0 saturated carbocycles. The summed E-state index contributed by atoms with van der Waals surface area (Å²) in [6.07, 6.45) is 3.57. The maximum absolute atomic E-state index is 11.9. The van der Waals surface area contributed by atoms with Crippen LogP contribution in [0.25, 0.3) is 11.3 Å². The SMILES string of the molecule is CCOc1ccc(-c2cc(CCCC(=N)N(CC)C(=O)CC)ncn2)cc1CC(=O)O. The Hall–Kier alpha value is -3.29. The molecule has 0 atom stereocenters. The van der Waals surface area contributed by atoms with E-state index < -0.39 is 5.97 Å². The molecule has 1 aromatic heterocycles. The van der Waals surface area contributed by atoms with E-state index in [1.807, 2.05) is 26.0 Å². The van der Waals surface area contributed by atoms with Gasteiger partial charge >= 0.3 is 5.97 Å². The standard InChI is InChI=1S/C23H30N4O4/c1-4-22(28)27(5-2)21(24)9-7-8-18-14-19(26-15-25-18)16-10-11-20(31-6-3)17(12-16)13-23(29)30/h10-12,14-15,24H,4-9,13H2,1-3H3,(H,29,30). The third kappa shape index (κ3) is 6.87. The van der Waals surface area contributed by atoms with Gasteiger partial charge in [-0.15, -0.1) is 0 Å². The molecular weight excluding hydrogens is 396 g/mol. The number of nitrogens with zero attached hydrogens (tertiary/aromatic N) is 3. The second-order valence-electron chi connectivity index (χ2n) is 7.01. The third-order valence-corrected chi connectivity index (χ3v) is 4.81. The first-order valence-corrected chi connectivity index (χ1v) is 10.6. The Balaban J connectivity index is 2.10. The summed E-state index contributed by atoms with van der Waals surface area (Å²) in [5, 5.41) is 17.4. The van der Waals surface area contributed by atoms with Crippen molar-refractivity contribution >= 4 is 17.7 Å². The highest BCUT2D eigenvalue weighted by Crippen LogP contribution is 2.26. The Kier molecular flexibility index (Phi) is 9.12. The van der Waals surface area contributed by atoms with Crippen molar-refractivity contribution in [2.24, 2.45) is 0 Å². The fourth-order valence-electron chi connectivity index (χ4n) is 3.31. The fourth-order valence-corrected chi connectivity index (χ4v) is 3.31. The second kappa shape index (κ2) is 11.8. The Morgan fingerprint density at radius 2 is 1.94 bits per heavy atom. The summed E-state index contributed by atoms with van der Waals surface area (Å²) >= 11 is 0. The minimum absolute atomic E-state index is 0.0375. The monoisotopic (exact) mass is 426 g/mol. The lowest BCUT2D eigenvalue weighted by molar-refractivity contribution is -0.136. The van der Waals surface area contributed by atoms with Crippen LogP contribution >= 0.6 is 0 Å². The van der Waals surface area contributed by atoms with Crippen molar-refractivity contribution < 1.29 is 19.4 Å². The molecule has 166 valence electrons. The molecule has 0 aliphatic rings. The average molecular weight is 427 g/mol. The predicted octanol–water partition coefficient (Wildman–Crippen LogP) is 3.73. The molecule has 0 aliphatic carbocycles. The number of aliphatic carboxylic acids is 1. The molecule has 0 fully saturated rings. The summed E-state index contributed by atoms with van der Waals surface area (Å²) in [5.74, 6) is -0.0758. The number of amides is 1. The highest BCUT2D eigenvalue weighted by atomic mass is 16.5. The summed E-state index contributed by atoms with van der Waals surface area (Å²) in [5.41, 5.74) is 2.92. The van der Waals surface area contributed by atoms with Gasteiger partial charge in [-0.25, -0.2) is 9.97 Å². The number of carboxylic acids is 1. The molecule has 0 spiro atoms. The first-order valence-electron chi connectivity index (χ1n) is 10.6. The number of ether oxygens (including phenoxy) is 1. The smallest absolute Gasteiger partial charge is 0.307 e. The van der Waals surface area contributed by atoms with Crippen LogP contribution in [0.1, 0.15) is 51.3 Å². The number of rotatable bonds is 11. The Morgan fingerprint density at radius 1 is 1.16 bits per heavy atom. The van der Waals surface area contributed by atoms with E-state index in [9.17, 15) is 14.7 Å². The van der Waals surface area contributed by atoms with Crippen LogP contribution in [0.2, 0.25) is 0 Å². The van der Waals surface area contributed by atoms with E-state index in [4.69, 9.17) is 10.1 Å². The van der Waals surface area contributed by atoms with Crippen LogP contribution in [-0.4, -0.2) is 50.8 Å². The molecule has 8 nitrogen and oxygen atoms in total. The minimum Gasteiger partial charge on any atom is -0.494 e. The van der Waals surface area contributed by atoms with E-state index in [0.29, 0.717) is 61.7 Å². The molecule has 0 radical (unpaired) electrons. The van der Waals surface area contributed by atoms with Gasteiger partial charge in [0.05, 0.1) is 18.7 Å². The van der Waals surface area contributed by atoms with Crippen molar-refractivity contribution in [1.82, 2.24) is 14.9 Å². The summed E-state index contributed by atoms with van der Waals surface area (Å²) in [6, 6.07) is 7.28. The van der Waals surface area contributed by atoms with Crippen LogP contribution in [0.5, 0.6) is 5.75 Å². The van der Waals surface area contributed by atoms with Gasteiger partial charge in [-0.3, -0.25) is 15.0 Å². The molecule has 1 heterocycles. The number of nitrogens with one attached hydrogen (secondary N) is 1. The Labute approximate surface area is 182 Å². The molecule has 1 amide bonds. The zero-order valence-electron chi connectivity index (χ0n) is 18.4. The van der Waals surface area contributed by atoms with Crippen LogP contribution in [0, 0.1) is 5.41 Å². The number of aromatic nitrogens is 2. The maximum Gasteiger partial charge on any atom is 0.307 e. The van der Waals surface area contributed by atoms with E-state index >= 15 is 0 Å². The number of carbonyl (C=O) groups is 2. The quantitative estimate of drug-likeness (QED) is 0.418. The molecule has 2 rings (SSSR count). The van der Waals surface area contributed by atoms with Crippen molar-refractivity contribution in [3.63, 3.8) is 0 Å². The van der Waals surface area contributed by atoms with E-state index in [1.165, 1.54) is 11.2 Å². The fraction of sp³-hybridized carbons (Fsp3) is 0.435. The molecule has 31 heavy (non-hydrogen) atoms. The maximum atomic E-state index is 11.9. The largest absolute Gasteiger partial charge is 0.494 e. The van der Waals surface area contributed by atoms with Gasteiger partial charge in [0.1, 0.15) is 17.9 Å². The van der Waals surface area contributed by atoms with Gasteiger partial charge in [0.25, 0.3) is 0 Å². The van der Waals surface area contributed by atoms with Crippen molar-refractivity contribution in [3.8, 4) is 17.0 Å². The molecule has 0 unspecified atom stereocenters. The Morgan fingerprint density at radius 3 is 2.58 bits per heavy atom. The van der Waals surface area contributed by atoms with Gasteiger partial charge in [0.15, 0.2) is 0 Å². The number of aryl methyl sites for hydroxylation is 1. The summed E-state index contributed by atoms with van der Waals surface area (Å²) in [6.45, 7) is 6.47. The average Bonchev–Trinajstić information content (AvgIpc) is 2.75.